The van der Waals surface area contributed by atoms with Crippen LogP contribution in [-0.2, 0) is 4.74 Å². The number of aliphatic hydroxyl groups excluding tert-OH is 3. The average molecular weight is 314 g/mol. The summed E-state index contributed by atoms with van der Waals surface area (Å²) in [6.07, 6.45) is -5.36. The topological polar surface area (TPSA) is 97.6 Å². The fraction of sp³-hybridized carbons (Fsp3) is 0.600. The Morgan fingerprint density at radius 2 is 1.41 bits per heavy atom. The Hall–Kier alpha value is -1.54. The van der Waals surface area contributed by atoms with E-state index in [1.54, 1.807) is 19.1 Å². The van der Waals surface area contributed by atoms with Gasteiger partial charge >= 0.3 is 0 Å². The van der Waals surface area contributed by atoms with E-state index in [0.717, 1.165) is 0 Å². The summed E-state index contributed by atoms with van der Waals surface area (Å²) >= 11 is 0. The van der Waals surface area contributed by atoms with Crippen LogP contribution >= 0.6 is 0 Å². The Bertz CT molecular complexity index is 494. The van der Waals surface area contributed by atoms with Gasteiger partial charge in [0.05, 0.1) is 33.0 Å². The smallest absolute Gasteiger partial charge is 0.132 e. The highest BCUT2D eigenvalue weighted by molar-refractivity contribution is 5.52. The predicted octanol–water partition coefficient (Wildman–Crippen LogP) is 0.255. The lowest BCUT2D eigenvalue weighted by atomic mass is 9.90. The molecule has 0 bridgehead atoms. The van der Waals surface area contributed by atoms with E-state index in [4.69, 9.17) is 18.9 Å². The van der Waals surface area contributed by atoms with E-state index in [-0.39, 0.29) is 0 Å². The maximum absolute atomic E-state index is 10.3. The standard InChI is InChI=1S/C15H22O7/c1-7-12(16)13(17)14(18)15(22-7)11-9(20-3)5-8(19-2)6-10(11)21-4/h5-7,12-18H,1-4H3/t7-,12+,13+,14-,15+/m0/s1. The summed E-state index contributed by atoms with van der Waals surface area (Å²) in [4.78, 5) is 0. The van der Waals surface area contributed by atoms with Crippen molar-refractivity contribution in [3.63, 3.8) is 0 Å². The molecular weight excluding hydrogens is 292 g/mol. The number of ether oxygens (including phenoxy) is 4. The van der Waals surface area contributed by atoms with Crippen LogP contribution in [0, 0.1) is 0 Å². The van der Waals surface area contributed by atoms with Crippen LogP contribution in [0.4, 0.5) is 0 Å². The van der Waals surface area contributed by atoms with Gasteiger partial charge in [0.15, 0.2) is 0 Å². The van der Waals surface area contributed by atoms with Gasteiger partial charge in [-0.1, -0.05) is 0 Å². The van der Waals surface area contributed by atoms with Gasteiger partial charge in [-0.3, -0.25) is 0 Å². The molecule has 7 nitrogen and oxygen atoms in total. The Morgan fingerprint density at radius 3 is 1.86 bits per heavy atom. The van der Waals surface area contributed by atoms with Crippen LogP contribution in [0.15, 0.2) is 12.1 Å². The summed E-state index contributed by atoms with van der Waals surface area (Å²) in [5.41, 5.74) is 0.455. The van der Waals surface area contributed by atoms with Crippen LogP contribution in [0.25, 0.3) is 0 Å². The van der Waals surface area contributed by atoms with E-state index < -0.39 is 30.5 Å². The number of aliphatic hydroxyl groups is 3. The van der Waals surface area contributed by atoms with Crippen molar-refractivity contribution in [3.8, 4) is 17.2 Å². The number of hydrogen-bond acceptors (Lipinski definition) is 7. The molecule has 7 heteroatoms. The van der Waals surface area contributed by atoms with Gasteiger partial charge in [0.1, 0.15) is 41.7 Å². The third-order valence-corrected chi connectivity index (χ3v) is 3.89. The van der Waals surface area contributed by atoms with Gasteiger partial charge < -0.3 is 34.3 Å². The Labute approximate surface area is 129 Å². The third-order valence-electron chi connectivity index (χ3n) is 3.89. The normalized spacial score (nSPS) is 31.7. The summed E-state index contributed by atoms with van der Waals surface area (Å²) in [7, 11) is 4.46. The van der Waals surface area contributed by atoms with Crippen LogP contribution in [-0.4, -0.2) is 61.1 Å². The summed E-state index contributed by atoms with van der Waals surface area (Å²) in [5.74, 6) is 1.32. The van der Waals surface area contributed by atoms with E-state index in [1.165, 1.54) is 21.3 Å². The van der Waals surface area contributed by atoms with Crippen LogP contribution in [0.2, 0.25) is 0 Å². The Morgan fingerprint density at radius 1 is 0.864 bits per heavy atom. The molecule has 1 saturated heterocycles. The van der Waals surface area contributed by atoms with E-state index >= 15 is 0 Å². The van der Waals surface area contributed by atoms with Crippen LogP contribution < -0.4 is 14.2 Å². The van der Waals surface area contributed by atoms with Gasteiger partial charge in [-0.25, -0.2) is 0 Å². The zero-order valence-corrected chi connectivity index (χ0v) is 13.0. The fourth-order valence-electron chi connectivity index (χ4n) is 2.60. The first-order valence-electron chi connectivity index (χ1n) is 6.94. The number of methoxy groups -OCH3 is 3. The highest BCUT2D eigenvalue weighted by atomic mass is 16.5. The van der Waals surface area contributed by atoms with Crippen molar-refractivity contribution in [3.05, 3.63) is 17.7 Å². The van der Waals surface area contributed by atoms with Crippen molar-refractivity contribution >= 4 is 0 Å². The molecule has 1 heterocycles. The maximum atomic E-state index is 10.3. The zero-order valence-electron chi connectivity index (χ0n) is 13.0. The molecule has 1 fully saturated rings. The molecule has 2 rings (SSSR count). The molecular formula is C15H22O7. The van der Waals surface area contributed by atoms with E-state index in [1.807, 2.05) is 0 Å². The largest absolute Gasteiger partial charge is 0.496 e. The number of hydrogen-bond donors (Lipinski definition) is 3. The number of rotatable bonds is 4. The molecule has 0 spiro atoms. The SMILES string of the molecule is COc1cc(OC)c([C@H]2O[C@@H](C)[C@@H](O)[C@@H](O)[C@@H]2O)c(OC)c1. The summed E-state index contributed by atoms with van der Waals surface area (Å²) in [6, 6.07) is 3.27. The quantitative estimate of drug-likeness (QED) is 0.733. The first-order valence-corrected chi connectivity index (χ1v) is 6.94. The van der Waals surface area contributed by atoms with Gasteiger partial charge in [0, 0.05) is 12.1 Å². The summed E-state index contributed by atoms with van der Waals surface area (Å²) in [6.45, 7) is 1.62. The molecule has 0 aliphatic carbocycles. The highest BCUT2D eigenvalue weighted by Gasteiger charge is 2.44. The fourth-order valence-corrected chi connectivity index (χ4v) is 2.60. The molecule has 0 unspecified atom stereocenters. The minimum absolute atomic E-state index is 0.399. The van der Waals surface area contributed by atoms with Crippen LogP contribution in [0.3, 0.4) is 0 Å². The molecule has 124 valence electrons. The third kappa shape index (κ3) is 2.85. The Kier molecular flexibility index (Phi) is 5.12. The predicted molar refractivity (Wildman–Crippen MR) is 77.4 cm³/mol. The van der Waals surface area contributed by atoms with Crippen molar-refractivity contribution in [1.29, 1.82) is 0 Å². The summed E-state index contributed by atoms with van der Waals surface area (Å²) < 4.78 is 21.5. The molecule has 0 aromatic heterocycles. The molecule has 0 radical (unpaired) electrons. The van der Waals surface area contributed by atoms with Crippen LogP contribution in [0.5, 0.6) is 17.2 Å². The summed E-state index contributed by atoms with van der Waals surface area (Å²) in [5, 5.41) is 30.1. The molecule has 1 aliphatic rings. The minimum atomic E-state index is -1.33. The first-order chi connectivity index (χ1) is 10.4. The van der Waals surface area contributed by atoms with Crippen molar-refractivity contribution in [2.75, 3.05) is 21.3 Å². The molecule has 3 N–H and O–H groups in total. The van der Waals surface area contributed by atoms with Crippen molar-refractivity contribution < 1.29 is 34.3 Å². The second-order valence-corrected chi connectivity index (χ2v) is 5.18. The van der Waals surface area contributed by atoms with E-state index in [0.29, 0.717) is 22.8 Å². The average Bonchev–Trinajstić information content (AvgIpc) is 2.54. The van der Waals surface area contributed by atoms with Gasteiger partial charge in [0.25, 0.3) is 0 Å². The van der Waals surface area contributed by atoms with Gasteiger partial charge in [-0.2, -0.15) is 0 Å². The zero-order chi connectivity index (χ0) is 16.4. The lowest BCUT2D eigenvalue weighted by Gasteiger charge is -2.40. The van der Waals surface area contributed by atoms with Gasteiger partial charge in [0.2, 0.25) is 0 Å². The molecule has 0 amide bonds. The first kappa shape index (κ1) is 16.8. The van der Waals surface area contributed by atoms with Crippen LogP contribution in [0.1, 0.15) is 18.6 Å². The second kappa shape index (κ2) is 6.70. The molecule has 22 heavy (non-hydrogen) atoms. The molecule has 0 saturated carbocycles. The van der Waals surface area contributed by atoms with Crippen molar-refractivity contribution in [2.24, 2.45) is 0 Å². The van der Waals surface area contributed by atoms with Crippen molar-refractivity contribution in [1.82, 2.24) is 0 Å². The van der Waals surface area contributed by atoms with E-state index in [9.17, 15) is 15.3 Å². The molecule has 1 aliphatic heterocycles. The molecule has 1 aromatic rings. The molecule has 5 atom stereocenters. The monoisotopic (exact) mass is 314 g/mol. The number of benzene rings is 1. The minimum Gasteiger partial charge on any atom is -0.496 e. The lowest BCUT2D eigenvalue weighted by molar-refractivity contribution is -0.220. The second-order valence-electron chi connectivity index (χ2n) is 5.18. The highest BCUT2D eigenvalue weighted by Crippen LogP contribution is 2.44. The lowest BCUT2D eigenvalue weighted by Crippen LogP contribution is -2.53. The van der Waals surface area contributed by atoms with Crippen molar-refractivity contribution in [2.45, 2.75) is 37.4 Å². The molecule has 1 aromatic carbocycles. The van der Waals surface area contributed by atoms with Gasteiger partial charge in [-0.15, -0.1) is 0 Å². The Balaban J connectivity index is 2.50. The maximum Gasteiger partial charge on any atom is 0.132 e. The van der Waals surface area contributed by atoms with Gasteiger partial charge in [-0.05, 0) is 6.92 Å². The van der Waals surface area contributed by atoms with E-state index in [2.05, 4.69) is 0 Å².